The summed E-state index contributed by atoms with van der Waals surface area (Å²) in [5.41, 5.74) is 3.63. The van der Waals surface area contributed by atoms with Gasteiger partial charge < -0.3 is 10.6 Å². The van der Waals surface area contributed by atoms with Crippen molar-refractivity contribution in [3.63, 3.8) is 0 Å². The lowest BCUT2D eigenvalue weighted by atomic mass is 10.1. The van der Waals surface area contributed by atoms with Crippen LogP contribution in [0.15, 0.2) is 42.5 Å². The van der Waals surface area contributed by atoms with Crippen LogP contribution in [0.3, 0.4) is 0 Å². The van der Waals surface area contributed by atoms with Crippen LogP contribution in [0.2, 0.25) is 0 Å². The second-order valence-corrected chi connectivity index (χ2v) is 5.62. The molecule has 2 N–H and O–H groups in total. The molecule has 3 rings (SSSR count). The Morgan fingerprint density at radius 1 is 1.13 bits per heavy atom. The average Bonchev–Trinajstić information content (AvgIpc) is 2.88. The normalized spacial score (nSPS) is 12.7. The van der Waals surface area contributed by atoms with Gasteiger partial charge in [0.15, 0.2) is 0 Å². The van der Waals surface area contributed by atoms with Gasteiger partial charge in [-0.3, -0.25) is 9.59 Å². The molecule has 2 amide bonds. The molecule has 0 aromatic heterocycles. The Morgan fingerprint density at radius 3 is 2.65 bits per heavy atom. The number of hydrogen-bond acceptors (Lipinski definition) is 2. The van der Waals surface area contributed by atoms with Gasteiger partial charge in [0.2, 0.25) is 11.8 Å². The van der Waals surface area contributed by atoms with Crippen molar-refractivity contribution in [2.24, 2.45) is 0 Å². The Morgan fingerprint density at radius 2 is 1.87 bits per heavy atom. The number of amides is 2. The molecule has 1 heterocycles. The molecule has 118 valence electrons. The fourth-order valence-corrected chi connectivity index (χ4v) is 2.64. The molecule has 23 heavy (non-hydrogen) atoms. The van der Waals surface area contributed by atoms with Crippen LogP contribution in [0, 0.1) is 5.82 Å². The molecule has 0 bridgehead atoms. The number of anilines is 1. The fraction of sp³-hybridized carbons (Fsp3) is 0.222. The predicted molar refractivity (Wildman–Crippen MR) is 85.6 cm³/mol. The maximum atomic E-state index is 12.8. The maximum absolute atomic E-state index is 12.8. The Bertz CT molecular complexity index is 741. The number of rotatable bonds is 5. The Labute approximate surface area is 133 Å². The van der Waals surface area contributed by atoms with Crippen LogP contribution in [0.1, 0.15) is 16.7 Å². The maximum Gasteiger partial charge on any atom is 0.228 e. The standard InChI is InChI=1S/C18H17FN2O2/c19-15-4-1-12(2-5-15)7-8-20-17(22)10-13-3-6-16-14(9-13)11-18(23)21-16/h1-6,9H,7-8,10-11H2,(H,20,22)(H,21,23). The van der Waals surface area contributed by atoms with Crippen LogP contribution < -0.4 is 10.6 Å². The molecule has 0 fully saturated rings. The van der Waals surface area contributed by atoms with Crippen LogP contribution in [0.25, 0.3) is 0 Å². The van der Waals surface area contributed by atoms with Gasteiger partial charge >= 0.3 is 0 Å². The van der Waals surface area contributed by atoms with Crippen molar-refractivity contribution in [1.82, 2.24) is 5.32 Å². The van der Waals surface area contributed by atoms with E-state index in [1.165, 1.54) is 12.1 Å². The fourth-order valence-electron chi connectivity index (χ4n) is 2.64. The van der Waals surface area contributed by atoms with Gasteiger partial charge in [0.1, 0.15) is 5.82 Å². The third-order valence-corrected chi connectivity index (χ3v) is 3.81. The summed E-state index contributed by atoms with van der Waals surface area (Å²) in [6, 6.07) is 11.8. The first-order chi connectivity index (χ1) is 11.1. The van der Waals surface area contributed by atoms with E-state index in [-0.39, 0.29) is 24.1 Å². The Hall–Kier alpha value is -2.69. The first-order valence-corrected chi connectivity index (χ1v) is 7.53. The smallest absolute Gasteiger partial charge is 0.228 e. The van der Waals surface area contributed by atoms with Gasteiger partial charge in [-0.05, 0) is 41.3 Å². The van der Waals surface area contributed by atoms with E-state index in [0.717, 1.165) is 22.4 Å². The van der Waals surface area contributed by atoms with Crippen molar-refractivity contribution in [3.8, 4) is 0 Å². The number of carbonyl (C=O) groups excluding carboxylic acids is 2. The molecule has 5 heteroatoms. The summed E-state index contributed by atoms with van der Waals surface area (Å²) in [6.45, 7) is 0.509. The SMILES string of the molecule is O=C(Cc1ccc2c(c1)CC(=O)N2)NCCc1ccc(F)cc1. The summed E-state index contributed by atoms with van der Waals surface area (Å²) in [4.78, 5) is 23.3. The minimum Gasteiger partial charge on any atom is -0.355 e. The molecule has 0 aliphatic carbocycles. The molecule has 2 aromatic carbocycles. The van der Waals surface area contributed by atoms with Crippen LogP contribution in [-0.2, 0) is 28.9 Å². The lowest BCUT2D eigenvalue weighted by Crippen LogP contribution is -2.27. The van der Waals surface area contributed by atoms with E-state index < -0.39 is 0 Å². The van der Waals surface area contributed by atoms with Crippen LogP contribution in [-0.4, -0.2) is 18.4 Å². The van der Waals surface area contributed by atoms with Crippen molar-refractivity contribution in [3.05, 3.63) is 65.0 Å². The molecule has 0 saturated carbocycles. The van der Waals surface area contributed by atoms with Crippen molar-refractivity contribution < 1.29 is 14.0 Å². The summed E-state index contributed by atoms with van der Waals surface area (Å²) < 4.78 is 12.8. The van der Waals surface area contributed by atoms with Crippen molar-refractivity contribution in [2.75, 3.05) is 11.9 Å². The molecule has 0 unspecified atom stereocenters. The monoisotopic (exact) mass is 312 g/mol. The number of carbonyl (C=O) groups is 2. The van der Waals surface area contributed by atoms with E-state index >= 15 is 0 Å². The highest BCUT2D eigenvalue weighted by Gasteiger charge is 2.17. The summed E-state index contributed by atoms with van der Waals surface area (Å²) in [7, 11) is 0. The zero-order chi connectivity index (χ0) is 16.2. The van der Waals surface area contributed by atoms with E-state index in [1.807, 2.05) is 18.2 Å². The van der Waals surface area contributed by atoms with Gasteiger partial charge in [-0.1, -0.05) is 24.3 Å². The van der Waals surface area contributed by atoms with Gasteiger partial charge in [0, 0.05) is 12.2 Å². The summed E-state index contributed by atoms with van der Waals surface area (Å²) in [5, 5.41) is 5.62. The second-order valence-electron chi connectivity index (χ2n) is 5.62. The number of hydrogen-bond donors (Lipinski definition) is 2. The molecule has 0 spiro atoms. The van der Waals surface area contributed by atoms with E-state index in [2.05, 4.69) is 10.6 Å². The molecule has 4 nitrogen and oxygen atoms in total. The second kappa shape index (κ2) is 6.60. The van der Waals surface area contributed by atoms with Gasteiger partial charge in [-0.25, -0.2) is 4.39 Å². The Balaban J connectivity index is 1.49. The average molecular weight is 312 g/mol. The Kier molecular flexibility index (Phi) is 4.37. The first-order valence-electron chi connectivity index (χ1n) is 7.53. The highest BCUT2D eigenvalue weighted by Crippen LogP contribution is 2.23. The summed E-state index contributed by atoms with van der Waals surface area (Å²) >= 11 is 0. The largest absolute Gasteiger partial charge is 0.355 e. The lowest BCUT2D eigenvalue weighted by molar-refractivity contribution is -0.120. The summed E-state index contributed by atoms with van der Waals surface area (Å²) in [6.07, 6.45) is 1.31. The van der Waals surface area contributed by atoms with Gasteiger partial charge in [0.05, 0.1) is 12.8 Å². The highest BCUT2D eigenvalue weighted by atomic mass is 19.1. The topological polar surface area (TPSA) is 58.2 Å². The van der Waals surface area contributed by atoms with Gasteiger partial charge in [-0.15, -0.1) is 0 Å². The summed E-state index contributed by atoms with van der Waals surface area (Å²) in [5.74, 6) is -0.340. The van der Waals surface area contributed by atoms with E-state index in [4.69, 9.17) is 0 Å². The highest BCUT2D eigenvalue weighted by molar-refractivity contribution is 5.99. The van der Waals surface area contributed by atoms with E-state index in [9.17, 15) is 14.0 Å². The quantitative estimate of drug-likeness (QED) is 0.889. The molecular formula is C18H17FN2O2. The van der Waals surface area contributed by atoms with E-state index in [0.29, 0.717) is 19.4 Å². The number of nitrogens with one attached hydrogen (secondary N) is 2. The zero-order valence-corrected chi connectivity index (χ0v) is 12.6. The molecule has 1 aliphatic rings. The minimum absolute atomic E-state index is 0.0131. The van der Waals surface area contributed by atoms with Gasteiger partial charge in [-0.2, -0.15) is 0 Å². The lowest BCUT2D eigenvalue weighted by Gasteiger charge is -2.07. The molecule has 2 aromatic rings. The molecule has 0 atom stereocenters. The van der Waals surface area contributed by atoms with Crippen LogP contribution in [0.4, 0.5) is 10.1 Å². The molecular weight excluding hydrogens is 295 g/mol. The van der Waals surface area contributed by atoms with Crippen molar-refractivity contribution >= 4 is 17.5 Å². The van der Waals surface area contributed by atoms with Crippen molar-refractivity contribution in [2.45, 2.75) is 19.3 Å². The first kappa shape index (κ1) is 15.2. The van der Waals surface area contributed by atoms with E-state index in [1.54, 1.807) is 12.1 Å². The molecule has 0 saturated heterocycles. The van der Waals surface area contributed by atoms with Crippen molar-refractivity contribution in [1.29, 1.82) is 0 Å². The number of benzene rings is 2. The number of fused-ring (bicyclic) bond motifs is 1. The van der Waals surface area contributed by atoms with Crippen LogP contribution >= 0.6 is 0 Å². The molecule has 0 radical (unpaired) electrons. The third-order valence-electron chi connectivity index (χ3n) is 3.81. The van der Waals surface area contributed by atoms with Gasteiger partial charge in [0.25, 0.3) is 0 Å². The number of halogens is 1. The minimum atomic E-state index is -0.262. The molecule has 1 aliphatic heterocycles. The zero-order valence-electron chi connectivity index (χ0n) is 12.6. The third kappa shape index (κ3) is 3.94. The predicted octanol–water partition coefficient (Wildman–Crippen LogP) is 2.22. The van der Waals surface area contributed by atoms with Crippen LogP contribution in [0.5, 0.6) is 0 Å².